The van der Waals surface area contributed by atoms with Gasteiger partial charge in [-0.25, -0.2) is 13.1 Å². The number of sulfonamides is 1. The maximum Gasteiger partial charge on any atom is 0.217 e. The highest BCUT2D eigenvalue weighted by Crippen LogP contribution is 2.05. The summed E-state index contributed by atoms with van der Waals surface area (Å²) in [6, 6.07) is 1.31. The van der Waals surface area contributed by atoms with Crippen molar-refractivity contribution in [3.8, 4) is 0 Å². The van der Waals surface area contributed by atoms with Crippen LogP contribution in [0, 0.1) is 6.92 Å². The second-order valence-corrected chi connectivity index (χ2v) is 5.20. The fourth-order valence-electron chi connectivity index (χ4n) is 1.08. The van der Waals surface area contributed by atoms with Crippen LogP contribution >= 0.6 is 0 Å². The number of aromatic nitrogens is 1. The Morgan fingerprint density at radius 1 is 1.67 bits per heavy atom. The highest BCUT2D eigenvalue weighted by Gasteiger charge is 2.16. The lowest BCUT2D eigenvalue weighted by Gasteiger charge is -2.10. The number of nitrogens with one attached hydrogen (secondary N) is 1. The molecule has 6 nitrogen and oxygen atoms in total. The molecule has 0 aliphatic heterocycles. The largest absolute Gasteiger partial charge is 0.361 e. The minimum atomic E-state index is -3.39. The molecule has 1 atom stereocenters. The molecule has 0 aliphatic rings. The topological polar surface area (TPSA) is 98.2 Å². The zero-order chi connectivity index (χ0) is 11.5. The summed E-state index contributed by atoms with van der Waals surface area (Å²) >= 11 is 0. The van der Waals surface area contributed by atoms with Crippen molar-refractivity contribution in [3.05, 3.63) is 17.5 Å². The van der Waals surface area contributed by atoms with Crippen molar-refractivity contribution in [2.45, 2.75) is 25.6 Å². The smallest absolute Gasteiger partial charge is 0.217 e. The molecule has 0 bridgehead atoms. The minimum Gasteiger partial charge on any atom is -0.361 e. The summed E-state index contributed by atoms with van der Waals surface area (Å²) in [4.78, 5) is 0. The van der Waals surface area contributed by atoms with Crippen LogP contribution in [0.25, 0.3) is 0 Å². The molecule has 0 saturated carbocycles. The summed E-state index contributed by atoms with van der Waals surface area (Å²) in [6.07, 6.45) is 0. The van der Waals surface area contributed by atoms with Gasteiger partial charge in [-0.15, -0.1) is 0 Å². The number of nitrogens with zero attached hydrogens (tertiary/aromatic N) is 1. The van der Waals surface area contributed by atoms with Gasteiger partial charge in [0.2, 0.25) is 10.0 Å². The Hall–Kier alpha value is -0.920. The maximum atomic E-state index is 11.5. The van der Waals surface area contributed by atoms with Crippen LogP contribution in [0.3, 0.4) is 0 Å². The molecule has 0 amide bonds. The molecule has 0 saturated heterocycles. The zero-order valence-corrected chi connectivity index (χ0v) is 9.54. The van der Waals surface area contributed by atoms with Crippen molar-refractivity contribution in [3.63, 3.8) is 0 Å². The second-order valence-electron chi connectivity index (χ2n) is 3.44. The summed E-state index contributed by atoms with van der Waals surface area (Å²) in [7, 11) is -3.39. The third kappa shape index (κ3) is 3.98. The van der Waals surface area contributed by atoms with Gasteiger partial charge in [-0.3, -0.25) is 0 Å². The van der Waals surface area contributed by atoms with Crippen LogP contribution in [-0.2, 0) is 15.8 Å². The van der Waals surface area contributed by atoms with Gasteiger partial charge >= 0.3 is 0 Å². The van der Waals surface area contributed by atoms with E-state index in [1.165, 1.54) is 0 Å². The van der Waals surface area contributed by atoms with Crippen molar-refractivity contribution in [1.82, 2.24) is 9.88 Å². The van der Waals surface area contributed by atoms with Crippen LogP contribution in [0.15, 0.2) is 10.6 Å². The molecule has 0 aliphatic carbocycles. The summed E-state index contributed by atoms with van der Waals surface area (Å²) < 4.78 is 30.3. The quantitative estimate of drug-likeness (QED) is 0.730. The summed E-state index contributed by atoms with van der Waals surface area (Å²) in [5.74, 6) is 0.404. The van der Waals surface area contributed by atoms with E-state index in [4.69, 9.17) is 10.3 Å². The number of hydrogen-bond donors (Lipinski definition) is 2. The van der Waals surface area contributed by atoms with Gasteiger partial charge in [0.1, 0.15) is 17.2 Å². The molecule has 3 N–H and O–H groups in total. The molecule has 0 aromatic carbocycles. The normalized spacial score (nSPS) is 14.1. The fourth-order valence-corrected chi connectivity index (χ4v) is 2.39. The predicted molar refractivity (Wildman–Crippen MR) is 55.5 cm³/mol. The number of hydrogen-bond acceptors (Lipinski definition) is 5. The van der Waals surface area contributed by atoms with Gasteiger partial charge in [0.15, 0.2) is 0 Å². The Kier molecular flexibility index (Phi) is 3.83. The van der Waals surface area contributed by atoms with E-state index < -0.39 is 10.0 Å². The first-order chi connectivity index (χ1) is 6.93. The third-order valence-electron chi connectivity index (χ3n) is 1.75. The third-order valence-corrected chi connectivity index (χ3v) is 3.19. The molecule has 1 aromatic rings. The Morgan fingerprint density at radius 3 is 2.80 bits per heavy atom. The van der Waals surface area contributed by atoms with E-state index >= 15 is 0 Å². The lowest BCUT2D eigenvalue weighted by Crippen LogP contribution is -2.38. The molecule has 1 aromatic heterocycles. The molecular weight excluding hydrogens is 218 g/mol. The van der Waals surface area contributed by atoms with Crippen LogP contribution in [0.4, 0.5) is 0 Å². The highest BCUT2D eigenvalue weighted by molar-refractivity contribution is 7.88. The van der Waals surface area contributed by atoms with Crippen LogP contribution in [0.5, 0.6) is 0 Å². The maximum absolute atomic E-state index is 11.5. The van der Waals surface area contributed by atoms with E-state index in [1.807, 2.05) is 0 Å². The second kappa shape index (κ2) is 4.73. The number of nitrogens with two attached hydrogens (primary N) is 1. The average Bonchev–Trinajstić information content (AvgIpc) is 2.49. The van der Waals surface area contributed by atoms with E-state index in [1.54, 1.807) is 19.9 Å². The van der Waals surface area contributed by atoms with Gasteiger partial charge in [0.05, 0.1) is 0 Å². The monoisotopic (exact) mass is 233 g/mol. The number of rotatable bonds is 5. The van der Waals surface area contributed by atoms with Crippen LogP contribution in [0.2, 0.25) is 0 Å². The van der Waals surface area contributed by atoms with Crippen molar-refractivity contribution in [1.29, 1.82) is 0 Å². The minimum absolute atomic E-state index is 0.186. The zero-order valence-electron chi connectivity index (χ0n) is 8.73. The van der Waals surface area contributed by atoms with Gasteiger partial charge in [0, 0.05) is 18.7 Å². The molecule has 0 fully saturated rings. The van der Waals surface area contributed by atoms with E-state index in [0.29, 0.717) is 11.5 Å². The SMILES string of the molecule is Cc1cc(CS(=O)(=O)NC(C)CN)no1. The molecule has 15 heavy (non-hydrogen) atoms. The molecule has 1 heterocycles. The summed E-state index contributed by atoms with van der Waals surface area (Å²) in [5, 5.41) is 3.61. The van der Waals surface area contributed by atoms with Gasteiger partial charge in [0.25, 0.3) is 0 Å². The Labute approximate surface area is 88.9 Å². The first kappa shape index (κ1) is 12.2. The van der Waals surface area contributed by atoms with Crippen LogP contribution in [-0.4, -0.2) is 26.2 Å². The van der Waals surface area contributed by atoms with Gasteiger partial charge in [-0.2, -0.15) is 0 Å². The lowest BCUT2D eigenvalue weighted by molar-refractivity contribution is 0.392. The molecule has 0 radical (unpaired) electrons. The molecule has 0 spiro atoms. The van der Waals surface area contributed by atoms with E-state index in [9.17, 15) is 8.42 Å². The molecule has 86 valence electrons. The molecule has 1 unspecified atom stereocenters. The van der Waals surface area contributed by atoms with Crippen LogP contribution < -0.4 is 10.5 Å². The standard InChI is InChI=1S/C8H15N3O3S/c1-6(4-9)11-15(12,13)5-8-3-7(2)14-10-8/h3,6,11H,4-5,9H2,1-2H3. The Morgan fingerprint density at radius 2 is 2.33 bits per heavy atom. The van der Waals surface area contributed by atoms with Crippen molar-refractivity contribution >= 4 is 10.0 Å². The van der Waals surface area contributed by atoms with Gasteiger partial charge in [-0.05, 0) is 13.8 Å². The number of aryl methyl sites for hydroxylation is 1. The molecular formula is C8H15N3O3S. The summed E-state index contributed by atoms with van der Waals surface area (Å²) in [5.41, 5.74) is 5.71. The van der Waals surface area contributed by atoms with Gasteiger partial charge < -0.3 is 10.3 Å². The molecule has 1 rings (SSSR count). The molecule has 7 heteroatoms. The first-order valence-corrected chi connectivity index (χ1v) is 6.20. The summed E-state index contributed by atoms with van der Waals surface area (Å²) in [6.45, 7) is 3.67. The average molecular weight is 233 g/mol. The van der Waals surface area contributed by atoms with Crippen molar-refractivity contribution in [2.24, 2.45) is 5.73 Å². The fraction of sp³-hybridized carbons (Fsp3) is 0.625. The van der Waals surface area contributed by atoms with Crippen molar-refractivity contribution in [2.75, 3.05) is 6.54 Å². The van der Waals surface area contributed by atoms with E-state index in [2.05, 4.69) is 9.88 Å². The van der Waals surface area contributed by atoms with Crippen LogP contribution in [0.1, 0.15) is 18.4 Å². The lowest BCUT2D eigenvalue weighted by atomic mass is 10.4. The Bertz CT molecular complexity index is 413. The Balaban J connectivity index is 2.64. The first-order valence-electron chi connectivity index (χ1n) is 4.55. The predicted octanol–water partition coefficient (Wildman–Crippen LogP) is -0.250. The highest BCUT2D eigenvalue weighted by atomic mass is 32.2. The van der Waals surface area contributed by atoms with E-state index in [-0.39, 0.29) is 18.3 Å². The van der Waals surface area contributed by atoms with Gasteiger partial charge in [-0.1, -0.05) is 5.16 Å². The van der Waals surface area contributed by atoms with E-state index in [0.717, 1.165) is 0 Å². The van der Waals surface area contributed by atoms with Crippen molar-refractivity contribution < 1.29 is 12.9 Å².